The van der Waals surface area contributed by atoms with Gasteiger partial charge in [-0.3, -0.25) is 0 Å². The number of nitrogens with zero attached hydrogens (tertiary/aromatic N) is 8. The summed E-state index contributed by atoms with van der Waals surface area (Å²) in [5.74, 6) is 0. The zero-order chi connectivity index (χ0) is 66.4. The van der Waals surface area contributed by atoms with Gasteiger partial charge in [-0.2, -0.15) is 0 Å². The third kappa shape index (κ3) is 13.1. The maximum Gasteiger partial charge on any atom is 2.00 e. The van der Waals surface area contributed by atoms with Crippen molar-refractivity contribution in [3.05, 3.63) is 261 Å². The largest absolute Gasteiger partial charge is 2.00 e. The topological polar surface area (TPSA) is 108 Å². The summed E-state index contributed by atoms with van der Waals surface area (Å²) < 4.78 is 0. The first-order valence-electron chi connectivity index (χ1n) is 33.3. The third-order valence-electron chi connectivity index (χ3n) is 18.6. The van der Waals surface area contributed by atoms with Crippen LogP contribution in [0, 0.1) is 0 Å². The fourth-order valence-electron chi connectivity index (χ4n) is 13.2. The van der Waals surface area contributed by atoms with Gasteiger partial charge in [0.15, 0.2) is 0 Å². The Labute approximate surface area is 594 Å². The van der Waals surface area contributed by atoms with Crippen LogP contribution in [0.2, 0.25) is 0 Å². The van der Waals surface area contributed by atoms with Gasteiger partial charge in [0.2, 0.25) is 0 Å². The number of hydrogen-bond acceptors (Lipinski definition) is 4. The third-order valence-corrected chi connectivity index (χ3v) is 18.6. The molecule has 11 aromatic rings. The van der Waals surface area contributed by atoms with Gasteiger partial charge in [-0.05, 0) is 159 Å². The monoisotopic (exact) mass is 1360 g/mol. The summed E-state index contributed by atoms with van der Waals surface area (Å²) in [5, 5.41) is 0. The Balaban J connectivity index is 0.00000432. The van der Waals surface area contributed by atoms with E-state index < -0.39 is 0 Å². The molecule has 0 amide bonds. The minimum Gasteiger partial charge on any atom is -0.657 e. The Bertz CT molecular complexity index is 5380. The minimum atomic E-state index is -0.153. The standard InChI is InChI=1S/C88H76N8.2Ni/c1-85(2,3)59-44-57(45-60(49-59)86(4,5)6)83-69-33-29-63(89-69)51-64-30-34-71(90-64)84(58-46-61(87(7,8)9)50-62(47-58)88(10,11)12)79-48-56(78(96-79)52-65-31-35-70(83)91-65)28-32-66-67-36-38-72(92-67)80(53-22-16-13-17-23-53)74-40-42-76(94-74)82(55-26-20-15-21-27-55)77-43-41-75(95-77)81(54-24-18-14-19-25-54)73-39-37-68(66)93-73;;/h13-52H,1-12H3;;/q-4;2*+2/b32-28+,63-51?,64-51?,65-52?,67-66?,68-66?,78-52?,80-72?,80-74?,81-73?,81-75?,82-76?,82-77?,83-69?,83-70?,84-71?,84-79?;;. The van der Waals surface area contributed by atoms with Crippen LogP contribution >= 0.6 is 0 Å². The van der Waals surface area contributed by atoms with E-state index in [0.717, 1.165) is 156 Å². The van der Waals surface area contributed by atoms with Crippen molar-refractivity contribution in [1.82, 2.24) is 39.9 Å². The van der Waals surface area contributed by atoms with E-state index in [1.165, 1.54) is 22.3 Å². The number of aromatic nitrogens is 8. The van der Waals surface area contributed by atoms with Crippen LogP contribution in [0.15, 0.2) is 182 Å². The average Bonchev–Trinajstić information content (AvgIpc) is 1.57. The molecule has 10 heterocycles. The maximum absolute atomic E-state index is 5.74. The number of benzene rings is 5. The molecular weight excluding hydrogens is 1290 g/mol. The molecule has 6 aromatic heterocycles. The first-order chi connectivity index (χ1) is 46.0. The number of hydrogen-bond donors (Lipinski definition) is 0. The van der Waals surface area contributed by atoms with Gasteiger partial charge in [0.1, 0.15) is 0 Å². The van der Waals surface area contributed by atoms with Crippen LogP contribution in [-0.2, 0) is 54.6 Å². The molecule has 488 valence electrons. The molecule has 0 fully saturated rings. The maximum atomic E-state index is 5.74. The first kappa shape index (κ1) is 66.6. The van der Waals surface area contributed by atoms with E-state index in [-0.39, 0.29) is 54.6 Å². The summed E-state index contributed by atoms with van der Waals surface area (Å²) in [5.41, 5.74) is 28.8. The predicted octanol–water partition coefficient (Wildman–Crippen LogP) is 21.8. The Morgan fingerprint density at radius 3 is 1.05 bits per heavy atom. The van der Waals surface area contributed by atoms with Gasteiger partial charge in [-0.1, -0.05) is 277 Å². The van der Waals surface area contributed by atoms with Crippen LogP contribution in [-0.4, -0.2) is 19.9 Å². The Kier molecular flexibility index (Phi) is 17.5. The first-order valence-corrected chi connectivity index (χ1v) is 33.3. The summed E-state index contributed by atoms with van der Waals surface area (Å²) in [4.78, 5) is 44.3. The second kappa shape index (κ2) is 25.8. The van der Waals surface area contributed by atoms with Gasteiger partial charge >= 0.3 is 33.0 Å². The zero-order valence-electron chi connectivity index (χ0n) is 57.3. The molecule has 98 heavy (non-hydrogen) atoms. The van der Waals surface area contributed by atoms with E-state index >= 15 is 0 Å². The molecule has 0 unspecified atom stereocenters. The SMILES string of the molecule is CC(C)(C)c1cc(-c2c3nc(cc4[n-]c(cc4/C=C/c4c5nc(c(-c6ccccc6)c6ccc([n-]6)c(-c6ccccc6)c6nc(c(-c7ccccc7)c7ccc4[n-]7)C=C6)C=C5)c(-c4cc(C(C)(C)C)cc(C(C)(C)C)c4)c4nc(cc5ccc2[n-]5)C=C4)C=C3)cc(C(C)(C)C)c1.[Ni+2].[Ni+2]. The number of rotatable bonds is 7. The predicted molar refractivity (Wildman–Crippen MR) is 405 cm³/mol. The molecule has 16 bridgehead atoms. The van der Waals surface area contributed by atoms with Crippen molar-refractivity contribution in [1.29, 1.82) is 0 Å². The van der Waals surface area contributed by atoms with Crippen molar-refractivity contribution >= 4 is 105 Å². The molecule has 8 nitrogen and oxygen atoms in total. The Morgan fingerprint density at radius 1 is 0.265 bits per heavy atom. The van der Waals surface area contributed by atoms with Crippen molar-refractivity contribution in [3.63, 3.8) is 0 Å². The Morgan fingerprint density at radius 2 is 0.602 bits per heavy atom. The summed E-state index contributed by atoms with van der Waals surface area (Å²) in [6, 6.07) is 64.5. The van der Waals surface area contributed by atoms with Crippen molar-refractivity contribution in [2.45, 2.75) is 105 Å². The second-order valence-corrected chi connectivity index (χ2v) is 29.7. The van der Waals surface area contributed by atoms with Crippen LogP contribution in [0.3, 0.4) is 0 Å². The van der Waals surface area contributed by atoms with E-state index in [1.54, 1.807) is 0 Å². The van der Waals surface area contributed by atoms with Crippen molar-refractivity contribution in [2.75, 3.05) is 0 Å². The smallest absolute Gasteiger partial charge is 0.657 e. The van der Waals surface area contributed by atoms with Crippen LogP contribution in [0.5, 0.6) is 0 Å². The van der Waals surface area contributed by atoms with Crippen LogP contribution in [0.25, 0.3) is 161 Å². The van der Waals surface area contributed by atoms with Gasteiger partial charge in [0.05, 0.1) is 45.6 Å². The summed E-state index contributed by atoms with van der Waals surface area (Å²) in [6.45, 7) is 27.4. The molecule has 0 aliphatic carbocycles. The average molecular weight is 1360 g/mol. The van der Waals surface area contributed by atoms with E-state index in [0.29, 0.717) is 0 Å². The number of fused-ring (bicyclic) bond motifs is 16. The van der Waals surface area contributed by atoms with Crippen molar-refractivity contribution < 1.29 is 33.0 Å². The summed E-state index contributed by atoms with van der Waals surface area (Å²) in [6.07, 6.45) is 21.3. The van der Waals surface area contributed by atoms with Crippen LogP contribution in [0.1, 0.15) is 162 Å². The molecule has 0 saturated carbocycles. The van der Waals surface area contributed by atoms with Gasteiger partial charge in [-0.15, -0.1) is 44.1 Å². The molecule has 4 aliphatic heterocycles. The molecule has 4 aliphatic rings. The van der Waals surface area contributed by atoms with Gasteiger partial charge in [0.25, 0.3) is 0 Å². The summed E-state index contributed by atoms with van der Waals surface area (Å²) >= 11 is 0. The molecule has 0 N–H and O–H groups in total. The molecule has 10 heteroatoms. The van der Waals surface area contributed by atoms with Gasteiger partial charge in [0, 0.05) is 0 Å². The molecule has 0 radical (unpaired) electrons. The molecule has 0 spiro atoms. The normalized spacial score (nSPS) is 12.9. The van der Waals surface area contributed by atoms with E-state index in [9.17, 15) is 0 Å². The van der Waals surface area contributed by atoms with E-state index in [4.69, 9.17) is 39.9 Å². The van der Waals surface area contributed by atoms with Crippen molar-refractivity contribution in [2.24, 2.45) is 0 Å². The van der Waals surface area contributed by atoms with Crippen molar-refractivity contribution in [3.8, 4) is 55.6 Å². The molecule has 5 aromatic carbocycles. The van der Waals surface area contributed by atoms with Gasteiger partial charge in [-0.25, -0.2) is 19.9 Å². The summed E-state index contributed by atoms with van der Waals surface area (Å²) in [7, 11) is 0. The zero-order valence-corrected chi connectivity index (χ0v) is 59.3. The van der Waals surface area contributed by atoms with E-state index in [2.05, 4.69) is 308 Å². The fourth-order valence-corrected chi connectivity index (χ4v) is 13.2. The molecule has 15 rings (SSSR count). The second-order valence-electron chi connectivity index (χ2n) is 29.7. The fraction of sp³-hybridized carbons (Fsp3) is 0.182. The minimum absolute atomic E-state index is 0. The molecule has 0 saturated heterocycles. The molecular formula is C88H76N8Ni2. The van der Waals surface area contributed by atoms with Crippen LogP contribution in [0.4, 0.5) is 0 Å². The molecule has 0 atom stereocenters. The van der Waals surface area contributed by atoms with E-state index in [1.807, 2.05) is 18.2 Å². The van der Waals surface area contributed by atoms with Crippen LogP contribution < -0.4 is 19.9 Å². The quantitative estimate of drug-likeness (QED) is 0.145. The van der Waals surface area contributed by atoms with Gasteiger partial charge < -0.3 is 19.9 Å². The Hall–Kier alpha value is -9.97.